The average Bonchev–Trinajstić information content (AvgIpc) is 2.33. The summed E-state index contributed by atoms with van der Waals surface area (Å²) in [6, 6.07) is 0. The summed E-state index contributed by atoms with van der Waals surface area (Å²) in [5.74, 6) is -1.29. The number of rotatable bonds is 6. The van der Waals surface area contributed by atoms with Crippen LogP contribution in [0.1, 0.15) is 27.2 Å². The number of carbonyl (C=O) groups is 3. The third kappa shape index (κ3) is 11.1. The lowest BCUT2D eigenvalue weighted by molar-refractivity contribution is -0.139. The molecule has 0 unspecified atom stereocenters. The molecule has 0 aromatic heterocycles. The molecule has 0 bridgehead atoms. The largest absolute Gasteiger partial charge is 0.466 e. The molecule has 0 aliphatic rings. The number of hydrogen-bond acceptors (Lipinski definition) is 6. The van der Waals surface area contributed by atoms with E-state index in [1.807, 2.05) is 20.8 Å². The molecule has 7 nitrogen and oxygen atoms in total. The molecule has 0 aromatic carbocycles. The summed E-state index contributed by atoms with van der Waals surface area (Å²) in [6.07, 6.45) is 1.79. The summed E-state index contributed by atoms with van der Waals surface area (Å²) in [5, 5.41) is 2.63. The van der Waals surface area contributed by atoms with E-state index >= 15 is 0 Å². The van der Waals surface area contributed by atoms with Crippen molar-refractivity contribution < 1.29 is 28.6 Å². The maximum Gasteiger partial charge on any atom is 0.407 e. The Morgan fingerprint density at radius 2 is 1.55 bits per heavy atom. The fourth-order valence-corrected chi connectivity index (χ4v) is 0.991. The normalized spacial score (nSPS) is 11.0. The van der Waals surface area contributed by atoms with Gasteiger partial charge in [0.15, 0.2) is 0 Å². The second kappa shape index (κ2) is 8.95. The quantitative estimate of drug-likeness (QED) is 0.341. The highest BCUT2D eigenvalue weighted by Gasteiger charge is 2.14. The predicted molar refractivity (Wildman–Crippen MR) is 71.0 cm³/mol. The molecule has 1 amide bonds. The molecule has 0 aliphatic carbocycles. The fraction of sp³-hybridized carbons (Fsp3) is 0.615. The van der Waals surface area contributed by atoms with Gasteiger partial charge in [-0.3, -0.25) is 0 Å². The Kier molecular flexibility index (Phi) is 8.03. The van der Waals surface area contributed by atoms with Gasteiger partial charge >= 0.3 is 18.0 Å². The van der Waals surface area contributed by atoms with Crippen LogP contribution in [-0.2, 0) is 23.8 Å². The Hall–Kier alpha value is -2.05. The number of methoxy groups -OCH3 is 1. The van der Waals surface area contributed by atoms with E-state index in [0.717, 1.165) is 12.2 Å². The molecule has 7 heteroatoms. The molecular weight excluding hydrogens is 266 g/mol. The summed E-state index contributed by atoms with van der Waals surface area (Å²) < 4.78 is 14.0. The standard InChI is InChI=1S/C13H21NO6/c1-13(2,3)14-12(17)20-9-5-8-19-11(16)7-6-10(15)18-4/h6-7H,5,8-9H2,1-4H3,(H,14,17)/b7-6+. The summed E-state index contributed by atoms with van der Waals surface area (Å²) in [4.78, 5) is 33.1. The van der Waals surface area contributed by atoms with Crippen molar-refractivity contribution in [3.05, 3.63) is 12.2 Å². The van der Waals surface area contributed by atoms with Crippen molar-refractivity contribution in [2.75, 3.05) is 20.3 Å². The molecule has 0 aromatic rings. The average molecular weight is 287 g/mol. The van der Waals surface area contributed by atoms with Gasteiger partial charge in [-0.2, -0.15) is 0 Å². The van der Waals surface area contributed by atoms with Crippen LogP contribution in [0.3, 0.4) is 0 Å². The molecule has 0 saturated heterocycles. The van der Waals surface area contributed by atoms with E-state index in [9.17, 15) is 14.4 Å². The van der Waals surface area contributed by atoms with Crippen LogP contribution in [-0.4, -0.2) is 43.9 Å². The molecule has 0 radical (unpaired) electrons. The van der Waals surface area contributed by atoms with Crippen LogP contribution in [0, 0.1) is 0 Å². The maximum absolute atomic E-state index is 11.3. The minimum Gasteiger partial charge on any atom is -0.466 e. The van der Waals surface area contributed by atoms with Crippen molar-refractivity contribution in [2.24, 2.45) is 0 Å². The van der Waals surface area contributed by atoms with E-state index in [2.05, 4.69) is 10.1 Å². The van der Waals surface area contributed by atoms with Gasteiger partial charge in [0.2, 0.25) is 0 Å². The van der Waals surface area contributed by atoms with Crippen LogP contribution in [0.25, 0.3) is 0 Å². The molecular formula is C13H21NO6. The first-order chi connectivity index (χ1) is 9.24. The van der Waals surface area contributed by atoms with Gasteiger partial charge in [0.05, 0.1) is 20.3 Å². The van der Waals surface area contributed by atoms with Gasteiger partial charge in [0.1, 0.15) is 0 Å². The zero-order valence-corrected chi connectivity index (χ0v) is 12.2. The number of nitrogens with one attached hydrogen (secondary N) is 1. The van der Waals surface area contributed by atoms with E-state index in [4.69, 9.17) is 9.47 Å². The van der Waals surface area contributed by atoms with E-state index in [1.165, 1.54) is 7.11 Å². The molecule has 0 spiro atoms. The molecule has 0 rings (SSSR count). The highest BCUT2D eigenvalue weighted by atomic mass is 16.6. The van der Waals surface area contributed by atoms with E-state index in [1.54, 1.807) is 0 Å². The van der Waals surface area contributed by atoms with Crippen LogP contribution in [0.2, 0.25) is 0 Å². The van der Waals surface area contributed by atoms with Crippen molar-refractivity contribution in [2.45, 2.75) is 32.7 Å². The molecule has 0 aliphatic heterocycles. The van der Waals surface area contributed by atoms with E-state index in [0.29, 0.717) is 6.42 Å². The van der Waals surface area contributed by atoms with Crippen LogP contribution >= 0.6 is 0 Å². The fourth-order valence-electron chi connectivity index (χ4n) is 0.991. The first-order valence-electron chi connectivity index (χ1n) is 6.12. The van der Waals surface area contributed by atoms with Crippen LogP contribution < -0.4 is 5.32 Å². The van der Waals surface area contributed by atoms with Crippen LogP contribution in [0.15, 0.2) is 12.2 Å². The van der Waals surface area contributed by atoms with Crippen LogP contribution in [0.4, 0.5) is 4.79 Å². The smallest absolute Gasteiger partial charge is 0.407 e. The Balaban J connectivity index is 3.67. The molecule has 0 fully saturated rings. The summed E-state index contributed by atoms with van der Waals surface area (Å²) >= 11 is 0. The van der Waals surface area contributed by atoms with Gasteiger partial charge in [-0.05, 0) is 20.8 Å². The van der Waals surface area contributed by atoms with E-state index < -0.39 is 18.0 Å². The van der Waals surface area contributed by atoms with Gasteiger partial charge in [0, 0.05) is 24.1 Å². The monoisotopic (exact) mass is 287 g/mol. The Labute approximate surface area is 118 Å². The summed E-state index contributed by atoms with van der Waals surface area (Å²) in [6.45, 7) is 5.74. The first kappa shape index (κ1) is 17.9. The zero-order valence-electron chi connectivity index (χ0n) is 12.2. The van der Waals surface area contributed by atoms with Gasteiger partial charge < -0.3 is 19.5 Å². The van der Waals surface area contributed by atoms with Crippen molar-refractivity contribution in [3.8, 4) is 0 Å². The Bertz CT molecular complexity index is 370. The number of amides is 1. The van der Waals surface area contributed by atoms with Crippen molar-refractivity contribution in [3.63, 3.8) is 0 Å². The lowest BCUT2D eigenvalue weighted by atomic mass is 10.1. The zero-order chi connectivity index (χ0) is 15.6. The highest BCUT2D eigenvalue weighted by Crippen LogP contribution is 1.99. The number of alkyl carbamates (subject to hydrolysis) is 1. The topological polar surface area (TPSA) is 90.9 Å². The third-order valence-electron chi connectivity index (χ3n) is 1.80. The molecule has 1 N–H and O–H groups in total. The number of ether oxygens (including phenoxy) is 3. The summed E-state index contributed by atoms with van der Waals surface area (Å²) in [7, 11) is 1.21. The van der Waals surface area contributed by atoms with Crippen molar-refractivity contribution >= 4 is 18.0 Å². The van der Waals surface area contributed by atoms with Gasteiger partial charge in [-0.25, -0.2) is 14.4 Å². The molecule has 0 atom stereocenters. The lowest BCUT2D eigenvalue weighted by Gasteiger charge is -2.19. The lowest BCUT2D eigenvalue weighted by Crippen LogP contribution is -2.41. The summed E-state index contributed by atoms with van der Waals surface area (Å²) in [5.41, 5.74) is -0.359. The third-order valence-corrected chi connectivity index (χ3v) is 1.80. The number of carbonyl (C=O) groups excluding carboxylic acids is 3. The molecule has 20 heavy (non-hydrogen) atoms. The Morgan fingerprint density at radius 3 is 2.10 bits per heavy atom. The minimum absolute atomic E-state index is 0.0904. The second-order valence-electron chi connectivity index (χ2n) is 4.89. The number of esters is 2. The molecule has 0 saturated carbocycles. The van der Waals surface area contributed by atoms with Crippen molar-refractivity contribution in [1.29, 1.82) is 0 Å². The molecule has 114 valence electrons. The Morgan fingerprint density at radius 1 is 1.00 bits per heavy atom. The molecule has 0 heterocycles. The number of hydrogen-bond donors (Lipinski definition) is 1. The van der Waals surface area contributed by atoms with Gasteiger partial charge in [-0.15, -0.1) is 0 Å². The SMILES string of the molecule is COC(=O)/C=C/C(=O)OCCCOC(=O)NC(C)(C)C. The van der Waals surface area contributed by atoms with Gasteiger partial charge in [-0.1, -0.05) is 0 Å². The highest BCUT2D eigenvalue weighted by molar-refractivity contribution is 5.91. The van der Waals surface area contributed by atoms with Gasteiger partial charge in [0.25, 0.3) is 0 Å². The van der Waals surface area contributed by atoms with E-state index in [-0.39, 0.29) is 18.8 Å². The van der Waals surface area contributed by atoms with Crippen LogP contribution in [0.5, 0.6) is 0 Å². The minimum atomic E-state index is -0.658. The second-order valence-corrected chi connectivity index (χ2v) is 4.89. The van der Waals surface area contributed by atoms with Crippen molar-refractivity contribution in [1.82, 2.24) is 5.32 Å². The first-order valence-corrected chi connectivity index (χ1v) is 6.12. The maximum atomic E-state index is 11.3. The predicted octanol–water partition coefficient (Wildman–Crippen LogP) is 1.17.